The van der Waals surface area contributed by atoms with Crippen molar-refractivity contribution in [3.8, 4) is 5.75 Å². The second kappa shape index (κ2) is 7.64. The van der Waals surface area contributed by atoms with Crippen molar-refractivity contribution in [1.82, 2.24) is 5.32 Å². The van der Waals surface area contributed by atoms with Crippen LogP contribution in [-0.2, 0) is 0 Å². The Kier molecular flexibility index (Phi) is 6.46. The third-order valence-electron chi connectivity index (χ3n) is 3.05. The average Bonchev–Trinajstić information content (AvgIpc) is 2.42. The highest BCUT2D eigenvalue weighted by Crippen LogP contribution is 2.25. The molecule has 3 nitrogen and oxygen atoms in total. The van der Waals surface area contributed by atoms with E-state index in [1.54, 1.807) is 0 Å². The molecule has 1 unspecified atom stereocenters. The lowest BCUT2D eigenvalue weighted by Gasteiger charge is -2.23. The quantitative estimate of drug-likeness (QED) is 0.889. The Morgan fingerprint density at radius 1 is 1.10 bits per heavy atom. The number of benzene rings is 2. The van der Waals surface area contributed by atoms with Gasteiger partial charge in [-0.2, -0.15) is 0 Å². The molecule has 0 saturated heterocycles. The molecule has 4 heteroatoms. The molecule has 0 amide bonds. The molecular weight excluding hydrogens is 286 g/mol. The van der Waals surface area contributed by atoms with Crippen LogP contribution in [0.1, 0.15) is 20.8 Å². The normalized spacial score (nSPS) is 12.8. The summed E-state index contributed by atoms with van der Waals surface area (Å²) in [5.41, 5.74) is 0.000420. The lowest BCUT2D eigenvalue weighted by molar-refractivity contribution is 0.101. The SMILES string of the molecule is CC(C)(C)NCC(O)COc1cccc2ccccc12.Cl. The predicted octanol–water partition coefficient (Wildman–Crippen LogP) is 3.39. The summed E-state index contributed by atoms with van der Waals surface area (Å²) in [5, 5.41) is 15.4. The molecule has 2 rings (SSSR count). The highest BCUT2D eigenvalue weighted by molar-refractivity contribution is 5.88. The van der Waals surface area contributed by atoms with E-state index in [-0.39, 0.29) is 24.6 Å². The molecule has 21 heavy (non-hydrogen) atoms. The van der Waals surface area contributed by atoms with Crippen LogP contribution in [-0.4, -0.2) is 29.9 Å². The number of ether oxygens (including phenoxy) is 1. The molecule has 0 bridgehead atoms. The highest BCUT2D eigenvalue weighted by Gasteiger charge is 2.13. The largest absolute Gasteiger partial charge is 0.490 e. The summed E-state index contributed by atoms with van der Waals surface area (Å²) in [6.07, 6.45) is -0.520. The molecule has 116 valence electrons. The Labute approximate surface area is 132 Å². The zero-order chi connectivity index (χ0) is 14.6. The van der Waals surface area contributed by atoms with Gasteiger partial charge in [0.05, 0.1) is 0 Å². The van der Waals surface area contributed by atoms with Crippen molar-refractivity contribution in [3.05, 3.63) is 42.5 Å². The standard InChI is InChI=1S/C17H23NO2.ClH/c1-17(2,3)18-11-14(19)12-20-16-10-6-8-13-7-4-5-9-15(13)16;/h4-10,14,18-19H,11-12H2,1-3H3;1H. The number of rotatable bonds is 5. The first-order valence-corrected chi connectivity index (χ1v) is 6.99. The fourth-order valence-corrected chi connectivity index (χ4v) is 1.99. The first-order valence-electron chi connectivity index (χ1n) is 6.99. The molecule has 2 aromatic rings. The monoisotopic (exact) mass is 309 g/mol. The zero-order valence-electron chi connectivity index (χ0n) is 12.8. The molecule has 0 aromatic heterocycles. The molecule has 2 aromatic carbocycles. The molecule has 0 aliphatic rings. The number of fused-ring (bicyclic) bond motifs is 1. The fraction of sp³-hybridized carbons (Fsp3) is 0.412. The summed E-state index contributed by atoms with van der Waals surface area (Å²) >= 11 is 0. The van der Waals surface area contributed by atoms with Crippen molar-refractivity contribution in [2.75, 3.05) is 13.2 Å². The minimum atomic E-state index is -0.520. The maximum absolute atomic E-state index is 9.96. The molecule has 0 saturated carbocycles. The predicted molar refractivity (Wildman–Crippen MR) is 90.5 cm³/mol. The molecular formula is C17H24ClNO2. The van der Waals surface area contributed by atoms with Crippen LogP contribution in [0.15, 0.2) is 42.5 Å². The first kappa shape index (κ1) is 17.8. The van der Waals surface area contributed by atoms with E-state index in [2.05, 4.69) is 38.2 Å². The number of nitrogens with one attached hydrogen (secondary N) is 1. The molecule has 1 atom stereocenters. The highest BCUT2D eigenvalue weighted by atomic mass is 35.5. The number of halogens is 1. The molecule has 0 radical (unpaired) electrons. The van der Waals surface area contributed by atoms with Gasteiger partial charge in [0.1, 0.15) is 18.5 Å². The van der Waals surface area contributed by atoms with Crippen molar-refractivity contribution in [3.63, 3.8) is 0 Å². The fourth-order valence-electron chi connectivity index (χ4n) is 1.99. The smallest absolute Gasteiger partial charge is 0.127 e. The third kappa shape index (κ3) is 5.54. The number of aliphatic hydroxyl groups is 1. The Morgan fingerprint density at radius 3 is 2.48 bits per heavy atom. The number of aliphatic hydroxyl groups excluding tert-OH is 1. The second-order valence-electron chi connectivity index (χ2n) is 6.07. The van der Waals surface area contributed by atoms with E-state index in [0.29, 0.717) is 6.54 Å². The van der Waals surface area contributed by atoms with Crippen molar-refractivity contribution >= 4 is 23.2 Å². The number of hydrogen-bond acceptors (Lipinski definition) is 3. The van der Waals surface area contributed by atoms with Gasteiger partial charge in [-0.05, 0) is 32.2 Å². The summed E-state index contributed by atoms with van der Waals surface area (Å²) in [6.45, 7) is 7.03. The maximum Gasteiger partial charge on any atom is 0.127 e. The topological polar surface area (TPSA) is 41.5 Å². The Balaban J connectivity index is 0.00000220. The second-order valence-corrected chi connectivity index (χ2v) is 6.07. The van der Waals surface area contributed by atoms with Gasteiger partial charge in [-0.15, -0.1) is 12.4 Å². The van der Waals surface area contributed by atoms with E-state index >= 15 is 0 Å². The van der Waals surface area contributed by atoms with Gasteiger partial charge in [0.15, 0.2) is 0 Å². The van der Waals surface area contributed by atoms with Gasteiger partial charge < -0.3 is 15.2 Å². The zero-order valence-corrected chi connectivity index (χ0v) is 13.6. The van der Waals surface area contributed by atoms with E-state index in [9.17, 15) is 5.11 Å². The van der Waals surface area contributed by atoms with Crippen LogP contribution >= 0.6 is 12.4 Å². The summed E-state index contributed by atoms with van der Waals surface area (Å²) < 4.78 is 5.76. The van der Waals surface area contributed by atoms with E-state index in [1.807, 2.05) is 30.3 Å². The minimum absolute atomic E-state index is 0. The summed E-state index contributed by atoms with van der Waals surface area (Å²) in [7, 11) is 0. The molecule has 2 N–H and O–H groups in total. The van der Waals surface area contributed by atoms with Gasteiger partial charge in [0.25, 0.3) is 0 Å². The molecule has 0 aliphatic carbocycles. The Bertz CT molecular complexity index is 561. The Morgan fingerprint density at radius 2 is 1.76 bits per heavy atom. The lowest BCUT2D eigenvalue weighted by atomic mass is 10.1. The van der Waals surface area contributed by atoms with E-state index in [0.717, 1.165) is 16.5 Å². The average molecular weight is 310 g/mol. The van der Waals surface area contributed by atoms with E-state index in [4.69, 9.17) is 4.74 Å². The van der Waals surface area contributed by atoms with Gasteiger partial charge in [-0.1, -0.05) is 36.4 Å². The molecule has 0 spiro atoms. The van der Waals surface area contributed by atoms with Gasteiger partial charge in [-0.3, -0.25) is 0 Å². The summed E-state index contributed by atoms with van der Waals surface area (Å²) in [6, 6.07) is 14.1. The molecule has 0 aliphatic heterocycles. The maximum atomic E-state index is 9.96. The van der Waals surface area contributed by atoms with E-state index in [1.165, 1.54) is 0 Å². The number of hydrogen-bond donors (Lipinski definition) is 2. The van der Waals surface area contributed by atoms with Gasteiger partial charge in [0, 0.05) is 17.5 Å². The van der Waals surface area contributed by atoms with Gasteiger partial charge >= 0.3 is 0 Å². The molecule has 0 heterocycles. The van der Waals surface area contributed by atoms with Crippen molar-refractivity contribution in [1.29, 1.82) is 0 Å². The van der Waals surface area contributed by atoms with Crippen molar-refractivity contribution < 1.29 is 9.84 Å². The van der Waals surface area contributed by atoms with Crippen molar-refractivity contribution in [2.24, 2.45) is 0 Å². The van der Waals surface area contributed by atoms with Crippen molar-refractivity contribution in [2.45, 2.75) is 32.4 Å². The lowest BCUT2D eigenvalue weighted by Crippen LogP contribution is -2.42. The Hall–Kier alpha value is -1.29. The third-order valence-corrected chi connectivity index (χ3v) is 3.05. The number of β-amino-alcohol motifs (C(OH)–C–C–N with tert-alkyl or cyclic N) is 1. The summed E-state index contributed by atoms with van der Waals surface area (Å²) in [5.74, 6) is 0.818. The van der Waals surface area contributed by atoms with Crippen LogP contribution in [0.25, 0.3) is 10.8 Å². The van der Waals surface area contributed by atoms with Gasteiger partial charge in [0.2, 0.25) is 0 Å². The van der Waals surface area contributed by atoms with Crippen LogP contribution < -0.4 is 10.1 Å². The van der Waals surface area contributed by atoms with Crippen LogP contribution in [0, 0.1) is 0 Å². The van der Waals surface area contributed by atoms with Gasteiger partial charge in [-0.25, -0.2) is 0 Å². The van der Waals surface area contributed by atoms with Crippen LogP contribution in [0.5, 0.6) is 5.75 Å². The van der Waals surface area contributed by atoms with E-state index < -0.39 is 6.10 Å². The molecule has 0 fully saturated rings. The minimum Gasteiger partial charge on any atom is -0.490 e. The summed E-state index contributed by atoms with van der Waals surface area (Å²) in [4.78, 5) is 0. The van der Waals surface area contributed by atoms with Crippen LogP contribution in [0.3, 0.4) is 0 Å². The van der Waals surface area contributed by atoms with Crippen LogP contribution in [0.4, 0.5) is 0 Å². The first-order chi connectivity index (χ1) is 9.46. The van der Waals surface area contributed by atoms with Crippen LogP contribution in [0.2, 0.25) is 0 Å².